The second-order valence-electron chi connectivity index (χ2n) is 4.43. The largest absolute Gasteiger partial charge is 0.497 e. The van der Waals surface area contributed by atoms with Gasteiger partial charge >= 0.3 is 0 Å². The topological polar surface area (TPSA) is 62.7 Å². The third-order valence-corrected chi connectivity index (χ3v) is 3.32. The molecule has 0 saturated heterocycles. The van der Waals surface area contributed by atoms with Gasteiger partial charge in [-0.1, -0.05) is 28.1 Å². The van der Waals surface area contributed by atoms with Gasteiger partial charge in [0.1, 0.15) is 5.75 Å². The number of benzene rings is 2. The lowest BCUT2D eigenvalue weighted by Crippen LogP contribution is -2.25. The molecule has 0 aromatic heterocycles. The number of hydrogen-bond donors (Lipinski definition) is 2. The van der Waals surface area contributed by atoms with Crippen molar-refractivity contribution in [2.75, 3.05) is 19.0 Å². The second-order valence-corrected chi connectivity index (χ2v) is 5.35. The number of nitrogens with one attached hydrogen (secondary N) is 2. The summed E-state index contributed by atoms with van der Waals surface area (Å²) in [5.74, 6) is 0.522. The fourth-order valence-corrected chi connectivity index (χ4v) is 1.95. The highest BCUT2D eigenvalue weighted by Gasteiger charge is 1.99. The zero-order valence-corrected chi connectivity index (χ0v) is 13.6. The molecule has 0 fully saturated rings. The molecule has 0 saturated carbocycles. The van der Waals surface area contributed by atoms with Crippen LogP contribution in [0.5, 0.6) is 5.75 Å². The minimum atomic E-state index is -0.220. The number of nitrogens with zero attached hydrogens (tertiary/aromatic N) is 1. The van der Waals surface area contributed by atoms with Crippen LogP contribution in [0.2, 0.25) is 0 Å². The molecule has 22 heavy (non-hydrogen) atoms. The standard InChI is InChI=1S/C16H16BrN3O2/c1-22-15-4-2-3-12(9-15)10-19-20-16(21)11-18-14-7-5-13(17)6-8-14/h2-10,18H,11H2,1H3,(H,20,21). The maximum atomic E-state index is 11.7. The van der Waals surface area contributed by atoms with Crippen molar-refractivity contribution in [3.8, 4) is 5.75 Å². The quantitative estimate of drug-likeness (QED) is 0.613. The number of anilines is 1. The summed E-state index contributed by atoms with van der Waals surface area (Å²) in [7, 11) is 1.60. The Kier molecular flexibility index (Phi) is 5.97. The number of amides is 1. The number of halogens is 1. The van der Waals surface area contributed by atoms with Crippen molar-refractivity contribution in [2.45, 2.75) is 0 Å². The molecule has 0 spiro atoms. The fourth-order valence-electron chi connectivity index (χ4n) is 1.69. The molecule has 0 aliphatic heterocycles. The van der Waals surface area contributed by atoms with E-state index in [1.165, 1.54) is 0 Å². The highest BCUT2D eigenvalue weighted by Crippen LogP contribution is 2.13. The van der Waals surface area contributed by atoms with Crippen molar-refractivity contribution < 1.29 is 9.53 Å². The molecule has 2 aromatic rings. The van der Waals surface area contributed by atoms with Crippen LogP contribution in [0, 0.1) is 0 Å². The Morgan fingerprint density at radius 2 is 2.05 bits per heavy atom. The second kappa shape index (κ2) is 8.19. The molecular formula is C16H16BrN3O2. The Hall–Kier alpha value is -2.34. The van der Waals surface area contributed by atoms with Crippen LogP contribution in [-0.4, -0.2) is 25.8 Å². The number of carbonyl (C=O) groups is 1. The minimum absolute atomic E-state index is 0.150. The first kappa shape index (κ1) is 16.0. The molecule has 6 heteroatoms. The average Bonchev–Trinajstić information content (AvgIpc) is 2.54. The van der Waals surface area contributed by atoms with Crippen molar-refractivity contribution >= 4 is 33.7 Å². The molecular weight excluding hydrogens is 346 g/mol. The lowest BCUT2D eigenvalue weighted by atomic mass is 10.2. The molecule has 1 amide bonds. The fraction of sp³-hybridized carbons (Fsp3) is 0.125. The third-order valence-electron chi connectivity index (χ3n) is 2.79. The normalized spacial score (nSPS) is 10.5. The molecule has 0 unspecified atom stereocenters. The predicted octanol–water partition coefficient (Wildman–Crippen LogP) is 3.02. The minimum Gasteiger partial charge on any atom is -0.497 e. The molecule has 0 aliphatic carbocycles. The Bertz CT molecular complexity index is 657. The molecule has 114 valence electrons. The number of ether oxygens (including phenoxy) is 1. The summed E-state index contributed by atoms with van der Waals surface area (Å²) in [5, 5.41) is 6.93. The van der Waals surface area contributed by atoms with Crippen molar-refractivity contribution in [3.63, 3.8) is 0 Å². The van der Waals surface area contributed by atoms with Crippen LogP contribution in [0.15, 0.2) is 58.1 Å². The van der Waals surface area contributed by atoms with Crippen LogP contribution in [-0.2, 0) is 4.79 Å². The highest BCUT2D eigenvalue weighted by molar-refractivity contribution is 9.10. The first-order chi connectivity index (χ1) is 10.7. The molecule has 5 nitrogen and oxygen atoms in total. The SMILES string of the molecule is COc1cccc(C=NNC(=O)CNc2ccc(Br)cc2)c1. The van der Waals surface area contributed by atoms with Crippen molar-refractivity contribution in [1.82, 2.24) is 5.43 Å². The lowest BCUT2D eigenvalue weighted by Gasteiger charge is -2.05. The van der Waals surface area contributed by atoms with Gasteiger partial charge in [-0.3, -0.25) is 4.79 Å². The van der Waals surface area contributed by atoms with Crippen LogP contribution in [0.3, 0.4) is 0 Å². The van der Waals surface area contributed by atoms with Crippen molar-refractivity contribution in [2.24, 2.45) is 5.10 Å². The Morgan fingerprint density at radius 1 is 1.27 bits per heavy atom. The third kappa shape index (κ3) is 5.21. The lowest BCUT2D eigenvalue weighted by molar-refractivity contribution is -0.119. The molecule has 2 rings (SSSR count). The summed E-state index contributed by atoms with van der Waals surface area (Å²) < 4.78 is 6.11. The number of rotatable bonds is 6. The van der Waals surface area contributed by atoms with Gasteiger partial charge in [-0.25, -0.2) is 5.43 Å². The first-order valence-corrected chi connectivity index (χ1v) is 7.42. The van der Waals surface area contributed by atoms with E-state index in [2.05, 4.69) is 31.8 Å². The zero-order valence-electron chi connectivity index (χ0n) is 12.0. The summed E-state index contributed by atoms with van der Waals surface area (Å²) in [4.78, 5) is 11.7. The van der Waals surface area contributed by atoms with Crippen LogP contribution < -0.4 is 15.5 Å². The first-order valence-electron chi connectivity index (χ1n) is 6.63. The van der Waals surface area contributed by atoms with Crippen LogP contribution >= 0.6 is 15.9 Å². The van der Waals surface area contributed by atoms with E-state index in [-0.39, 0.29) is 12.5 Å². The summed E-state index contributed by atoms with van der Waals surface area (Å²) in [6, 6.07) is 15.0. The van der Waals surface area contributed by atoms with Crippen LogP contribution in [0.25, 0.3) is 0 Å². The van der Waals surface area contributed by atoms with Crippen molar-refractivity contribution in [1.29, 1.82) is 0 Å². The average molecular weight is 362 g/mol. The molecule has 0 heterocycles. The molecule has 0 aliphatic rings. The maximum absolute atomic E-state index is 11.7. The van der Waals surface area contributed by atoms with E-state index in [0.29, 0.717) is 0 Å². The van der Waals surface area contributed by atoms with E-state index in [9.17, 15) is 4.79 Å². The smallest absolute Gasteiger partial charge is 0.259 e. The van der Waals surface area contributed by atoms with Gasteiger partial charge in [0, 0.05) is 10.2 Å². The van der Waals surface area contributed by atoms with Gasteiger partial charge in [0.15, 0.2) is 0 Å². The zero-order chi connectivity index (χ0) is 15.8. The van der Waals surface area contributed by atoms with E-state index in [1.807, 2.05) is 48.5 Å². The molecule has 0 radical (unpaired) electrons. The molecule has 2 aromatic carbocycles. The van der Waals surface area contributed by atoms with Gasteiger partial charge in [-0.05, 0) is 42.0 Å². The molecule has 0 bridgehead atoms. The van der Waals surface area contributed by atoms with E-state index in [1.54, 1.807) is 13.3 Å². The van der Waals surface area contributed by atoms with E-state index in [0.717, 1.165) is 21.5 Å². The summed E-state index contributed by atoms with van der Waals surface area (Å²) in [6.45, 7) is 0.150. The monoisotopic (exact) mass is 361 g/mol. The van der Waals surface area contributed by atoms with Gasteiger partial charge < -0.3 is 10.1 Å². The van der Waals surface area contributed by atoms with Gasteiger partial charge in [0.25, 0.3) is 5.91 Å². The van der Waals surface area contributed by atoms with Gasteiger partial charge in [0.2, 0.25) is 0 Å². The van der Waals surface area contributed by atoms with E-state index < -0.39 is 0 Å². The molecule has 2 N–H and O–H groups in total. The Labute approximate surface area is 137 Å². The van der Waals surface area contributed by atoms with Crippen molar-refractivity contribution in [3.05, 3.63) is 58.6 Å². The van der Waals surface area contributed by atoms with Gasteiger partial charge in [-0.15, -0.1) is 0 Å². The highest BCUT2D eigenvalue weighted by atomic mass is 79.9. The summed E-state index contributed by atoms with van der Waals surface area (Å²) in [5.41, 5.74) is 4.19. The number of carbonyl (C=O) groups excluding carboxylic acids is 1. The summed E-state index contributed by atoms with van der Waals surface area (Å²) in [6.07, 6.45) is 1.57. The maximum Gasteiger partial charge on any atom is 0.259 e. The number of hydrazone groups is 1. The molecule has 0 atom stereocenters. The van der Waals surface area contributed by atoms with Crippen LogP contribution in [0.1, 0.15) is 5.56 Å². The van der Waals surface area contributed by atoms with E-state index in [4.69, 9.17) is 4.74 Å². The van der Waals surface area contributed by atoms with Gasteiger partial charge in [0.05, 0.1) is 19.9 Å². The Morgan fingerprint density at radius 3 is 2.77 bits per heavy atom. The van der Waals surface area contributed by atoms with E-state index >= 15 is 0 Å². The number of methoxy groups -OCH3 is 1. The Balaban J connectivity index is 1.79. The number of hydrogen-bond acceptors (Lipinski definition) is 4. The van der Waals surface area contributed by atoms with Gasteiger partial charge in [-0.2, -0.15) is 5.10 Å². The summed E-state index contributed by atoms with van der Waals surface area (Å²) >= 11 is 3.36. The van der Waals surface area contributed by atoms with Crippen LogP contribution in [0.4, 0.5) is 5.69 Å². The predicted molar refractivity (Wildman–Crippen MR) is 91.4 cm³/mol.